The van der Waals surface area contributed by atoms with E-state index in [1.165, 1.54) is 0 Å². The zero-order valence-corrected chi connectivity index (χ0v) is 15.5. The topological polar surface area (TPSA) is 55.8 Å². The van der Waals surface area contributed by atoms with E-state index >= 15 is 0 Å². The van der Waals surface area contributed by atoms with E-state index in [9.17, 15) is 22.8 Å². The van der Waals surface area contributed by atoms with Crippen molar-refractivity contribution in [3.05, 3.63) is 35.9 Å². The van der Waals surface area contributed by atoms with Crippen molar-refractivity contribution in [2.45, 2.75) is 57.0 Å². The molecule has 5 nitrogen and oxygen atoms in total. The van der Waals surface area contributed by atoms with Gasteiger partial charge in [-0.15, -0.1) is 0 Å². The molecule has 0 N–H and O–H groups in total. The molecule has 1 aromatic carbocycles. The number of benzene rings is 1. The highest BCUT2D eigenvalue weighted by atomic mass is 19.4. The number of nitrogens with zero attached hydrogens (tertiary/aromatic N) is 1. The molecule has 2 aliphatic rings. The predicted octanol–water partition coefficient (Wildman–Crippen LogP) is 3.47. The van der Waals surface area contributed by atoms with Crippen LogP contribution in [0.15, 0.2) is 30.3 Å². The number of amides is 1. The number of hydrogen-bond donors (Lipinski definition) is 0. The van der Waals surface area contributed by atoms with E-state index < -0.39 is 36.1 Å². The molecule has 0 aromatic heterocycles. The summed E-state index contributed by atoms with van der Waals surface area (Å²) in [5.41, 5.74) is 0.849. The summed E-state index contributed by atoms with van der Waals surface area (Å²) in [4.78, 5) is 25.4. The summed E-state index contributed by atoms with van der Waals surface area (Å²) in [6.07, 6.45) is -3.19. The first kappa shape index (κ1) is 20.6. The van der Waals surface area contributed by atoms with Crippen molar-refractivity contribution < 1.29 is 32.2 Å². The van der Waals surface area contributed by atoms with Crippen LogP contribution in [-0.4, -0.2) is 48.3 Å². The number of esters is 1. The fourth-order valence-corrected chi connectivity index (χ4v) is 4.01. The number of rotatable bonds is 5. The monoisotopic (exact) mass is 399 g/mol. The molecule has 8 heteroatoms. The predicted molar refractivity (Wildman–Crippen MR) is 94.1 cm³/mol. The second-order valence-corrected chi connectivity index (χ2v) is 7.31. The van der Waals surface area contributed by atoms with Crippen LogP contribution < -0.4 is 0 Å². The molecule has 0 spiro atoms. The minimum atomic E-state index is -4.93. The summed E-state index contributed by atoms with van der Waals surface area (Å²) < 4.78 is 50.0. The van der Waals surface area contributed by atoms with Crippen molar-refractivity contribution in [1.82, 2.24) is 4.90 Å². The van der Waals surface area contributed by atoms with E-state index in [1.54, 1.807) is 0 Å². The average molecular weight is 399 g/mol. The third kappa shape index (κ3) is 5.04. The lowest BCUT2D eigenvalue weighted by Gasteiger charge is -2.39. The van der Waals surface area contributed by atoms with Gasteiger partial charge in [0.25, 0.3) is 0 Å². The highest BCUT2D eigenvalue weighted by Crippen LogP contribution is 2.35. The Morgan fingerprint density at radius 1 is 1.04 bits per heavy atom. The summed E-state index contributed by atoms with van der Waals surface area (Å²) in [6.45, 7) is 0.801. The Balaban J connectivity index is 1.62. The van der Waals surface area contributed by atoms with Crippen LogP contribution in [0.3, 0.4) is 0 Å². The number of hydrogen-bond acceptors (Lipinski definition) is 4. The van der Waals surface area contributed by atoms with Crippen molar-refractivity contribution in [2.24, 2.45) is 5.92 Å². The zero-order valence-electron chi connectivity index (χ0n) is 15.5. The lowest BCUT2D eigenvalue weighted by atomic mass is 10.0. The number of carbonyl (C=O) groups excluding carboxylic acids is 2. The molecule has 154 valence electrons. The fraction of sp³-hybridized carbons (Fsp3) is 0.600. The maximum absolute atomic E-state index is 13.2. The Morgan fingerprint density at radius 3 is 2.36 bits per heavy atom. The third-order valence-electron chi connectivity index (χ3n) is 5.42. The summed E-state index contributed by atoms with van der Waals surface area (Å²) >= 11 is 0. The van der Waals surface area contributed by atoms with Crippen molar-refractivity contribution >= 4 is 11.9 Å². The number of carbonyl (C=O) groups is 2. The van der Waals surface area contributed by atoms with Crippen LogP contribution in [-0.2, 0) is 25.7 Å². The van der Waals surface area contributed by atoms with Crippen LogP contribution >= 0.6 is 0 Å². The highest BCUT2D eigenvalue weighted by molar-refractivity contribution is 5.83. The summed E-state index contributed by atoms with van der Waals surface area (Å²) in [5.74, 6) is -2.72. The lowest BCUT2D eigenvalue weighted by Crippen LogP contribution is -2.53. The SMILES string of the molecule is O=C(OCc1ccccc1)C1CCC(N(C(=O)C(F)(F)F)C2CCOCC2)C1. The molecular formula is C20H24F3NO4. The fourth-order valence-electron chi connectivity index (χ4n) is 4.01. The van der Waals surface area contributed by atoms with Crippen molar-refractivity contribution in [3.8, 4) is 0 Å². The van der Waals surface area contributed by atoms with Crippen LogP contribution in [0, 0.1) is 5.92 Å². The van der Waals surface area contributed by atoms with Gasteiger partial charge in [-0.2, -0.15) is 13.2 Å². The van der Waals surface area contributed by atoms with Crippen LogP contribution in [0.25, 0.3) is 0 Å². The van der Waals surface area contributed by atoms with E-state index in [4.69, 9.17) is 9.47 Å². The van der Waals surface area contributed by atoms with Crippen LogP contribution in [0.1, 0.15) is 37.7 Å². The largest absolute Gasteiger partial charge is 0.471 e. The Kier molecular flexibility index (Phi) is 6.59. The molecule has 1 amide bonds. The molecule has 1 heterocycles. The van der Waals surface area contributed by atoms with Crippen molar-refractivity contribution in [3.63, 3.8) is 0 Å². The number of ether oxygens (including phenoxy) is 2. The summed E-state index contributed by atoms with van der Waals surface area (Å²) in [5, 5.41) is 0. The van der Waals surface area contributed by atoms with E-state index in [0.29, 0.717) is 38.9 Å². The molecule has 2 fully saturated rings. The standard InChI is InChI=1S/C20H24F3NO4/c21-20(22,23)19(26)24(16-8-10-27-11-9-16)17-7-6-15(12-17)18(25)28-13-14-4-2-1-3-5-14/h1-5,15-17H,6-13H2. The van der Waals surface area contributed by atoms with Crippen molar-refractivity contribution in [2.75, 3.05) is 13.2 Å². The Morgan fingerprint density at radius 2 is 1.71 bits per heavy atom. The number of alkyl halides is 3. The molecule has 1 aromatic rings. The van der Waals surface area contributed by atoms with Gasteiger partial charge >= 0.3 is 18.1 Å². The molecule has 2 unspecified atom stereocenters. The van der Waals surface area contributed by atoms with Gasteiger partial charge < -0.3 is 14.4 Å². The van der Waals surface area contributed by atoms with Gasteiger partial charge in [0.2, 0.25) is 0 Å². The first-order valence-corrected chi connectivity index (χ1v) is 9.54. The number of halogens is 3. The Hall–Kier alpha value is -2.09. The molecule has 0 bridgehead atoms. The van der Waals surface area contributed by atoms with Gasteiger partial charge in [-0.05, 0) is 37.7 Å². The molecular weight excluding hydrogens is 375 g/mol. The summed E-state index contributed by atoms with van der Waals surface area (Å²) in [7, 11) is 0. The Labute approximate surface area is 161 Å². The van der Waals surface area contributed by atoms with Crippen molar-refractivity contribution in [1.29, 1.82) is 0 Å². The molecule has 28 heavy (non-hydrogen) atoms. The molecule has 0 radical (unpaired) electrons. The van der Waals surface area contributed by atoms with Gasteiger partial charge in [0, 0.05) is 25.3 Å². The highest BCUT2D eigenvalue weighted by Gasteiger charge is 2.49. The second-order valence-electron chi connectivity index (χ2n) is 7.31. The smallest absolute Gasteiger partial charge is 0.461 e. The van der Waals surface area contributed by atoms with Gasteiger partial charge in [0.05, 0.1) is 5.92 Å². The molecule has 1 saturated heterocycles. The maximum Gasteiger partial charge on any atom is 0.471 e. The first-order valence-electron chi connectivity index (χ1n) is 9.54. The van der Waals surface area contributed by atoms with E-state index in [-0.39, 0.29) is 13.0 Å². The molecule has 2 atom stereocenters. The normalized spacial score (nSPS) is 23.4. The van der Waals surface area contributed by atoms with E-state index in [0.717, 1.165) is 10.5 Å². The lowest BCUT2D eigenvalue weighted by molar-refractivity contribution is -0.192. The van der Waals surface area contributed by atoms with E-state index in [1.807, 2.05) is 30.3 Å². The zero-order chi connectivity index (χ0) is 20.1. The third-order valence-corrected chi connectivity index (χ3v) is 5.42. The first-order chi connectivity index (χ1) is 13.4. The van der Waals surface area contributed by atoms with Gasteiger partial charge in [-0.3, -0.25) is 9.59 Å². The van der Waals surface area contributed by atoms with E-state index in [2.05, 4.69) is 0 Å². The van der Waals surface area contributed by atoms with Gasteiger partial charge in [-0.1, -0.05) is 30.3 Å². The average Bonchev–Trinajstić information content (AvgIpc) is 3.17. The minimum Gasteiger partial charge on any atom is -0.461 e. The molecule has 1 aliphatic carbocycles. The quantitative estimate of drug-likeness (QED) is 0.712. The van der Waals surface area contributed by atoms with Crippen LogP contribution in [0.5, 0.6) is 0 Å². The second kappa shape index (κ2) is 8.94. The van der Waals surface area contributed by atoms with Crippen LogP contribution in [0.4, 0.5) is 13.2 Å². The van der Waals surface area contributed by atoms with Crippen LogP contribution in [0.2, 0.25) is 0 Å². The molecule has 1 saturated carbocycles. The maximum atomic E-state index is 13.2. The van der Waals surface area contributed by atoms with Gasteiger partial charge in [0.15, 0.2) is 0 Å². The summed E-state index contributed by atoms with van der Waals surface area (Å²) in [6, 6.07) is 8.08. The molecule has 3 rings (SSSR count). The van der Waals surface area contributed by atoms with Gasteiger partial charge in [-0.25, -0.2) is 0 Å². The minimum absolute atomic E-state index is 0.131. The van der Waals surface area contributed by atoms with Gasteiger partial charge in [0.1, 0.15) is 6.61 Å². The Bertz CT molecular complexity index is 674. The molecule has 1 aliphatic heterocycles.